The fraction of sp³-hybridized carbons (Fsp3) is 0.273. The molecule has 0 aliphatic carbocycles. The molecule has 1 aromatic carbocycles. The number of hydrogen-bond acceptors (Lipinski definition) is 6. The summed E-state index contributed by atoms with van der Waals surface area (Å²) in [6.45, 7) is 2.87. The van der Waals surface area contributed by atoms with Crippen LogP contribution in [0.15, 0.2) is 59.1 Å². The summed E-state index contributed by atoms with van der Waals surface area (Å²) in [6, 6.07) is 13.7. The number of non-ortho nitro benzene ring substituents is 1. The summed E-state index contributed by atoms with van der Waals surface area (Å²) in [7, 11) is 1.48. The molecule has 1 saturated heterocycles. The molecule has 160 valence electrons. The van der Waals surface area contributed by atoms with E-state index < -0.39 is 4.92 Å². The average Bonchev–Trinajstić information content (AvgIpc) is 3.39. The molecule has 2 atom stereocenters. The van der Waals surface area contributed by atoms with Gasteiger partial charge in [0, 0.05) is 18.8 Å². The first kappa shape index (κ1) is 20.8. The van der Waals surface area contributed by atoms with Crippen molar-refractivity contribution in [2.75, 3.05) is 13.7 Å². The molecule has 0 radical (unpaired) electrons. The van der Waals surface area contributed by atoms with E-state index in [1.54, 1.807) is 12.3 Å². The number of methoxy groups -OCH3 is 1. The highest BCUT2D eigenvalue weighted by Crippen LogP contribution is 2.42. The summed E-state index contributed by atoms with van der Waals surface area (Å²) in [6.07, 6.45) is 2.69. The minimum absolute atomic E-state index is 0.0398. The fourth-order valence-corrected chi connectivity index (χ4v) is 4.18. The van der Waals surface area contributed by atoms with E-state index >= 15 is 0 Å². The van der Waals surface area contributed by atoms with E-state index in [9.17, 15) is 10.1 Å². The molecule has 2 aromatic heterocycles. The molecule has 1 fully saturated rings. The Kier molecular flexibility index (Phi) is 5.85. The van der Waals surface area contributed by atoms with Crippen molar-refractivity contribution in [3.63, 3.8) is 0 Å². The molecule has 0 amide bonds. The molecule has 1 aliphatic rings. The lowest BCUT2D eigenvalue weighted by molar-refractivity contribution is -0.384. The fourth-order valence-electron chi connectivity index (χ4n) is 3.85. The van der Waals surface area contributed by atoms with E-state index in [1.807, 2.05) is 30.3 Å². The van der Waals surface area contributed by atoms with Gasteiger partial charge in [-0.05, 0) is 49.0 Å². The Morgan fingerprint density at radius 1 is 1.29 bits per heavy atom. The molecule has 9 heteroatoms. The van der Waals surface area contributed by atoms with Crippen LogP contribution in [-0.2, 0) is 0 Å². The monoisotopic (exact) mass is 438 g/mol. The van der Waals surface area contributed by atoms with Crippen LogP contribution in [0.3, 0.4) is 0 Å². The summed E-state index contributed by atoms with van der Waals surface area (Å²) in [4.78, 5) is 17.3. The number of thiocarbonyl (C=S) groups is 1. The summed E-state index contributed by atoms with van der Waals surface area (Å²) in [5, 5.41) is 15.1. The zero-order chi connectivity index (χ0) is 22.0. The van der Waals surface area contributed by atoms with Crippen LogP contribution in [-0.4, -0.2) is 33.6 Å². The number of nitro groups is 1. The zero-order valence-corrected chi connectivity index (χ0v) is 18.0. The molecule has 0 spiro atoms. The van der Waals surface area contributed by atoms with Gasteiger partial charge in [0.25, 0.3) is 5.69 Å². The van der Waals surface area contributed by atoms with E-state index in [4.69, 9.17) is 21.4 Å². The second-order valence-corrected chi connectivity index (χ2v) is 7.55. The number of benzene rings is 1. The molecule has 3 heterocycles. The topological polar surface area (TPSA) is 93.7 Å². The third kappa shape index (κ3) is 3.96. The quantitative estimate of drug-likeness (QED) is 0.324. The van der Waals surface area contributed by atoms with Gasteiger partial charge < -0.3 is 19.4 Å². The number of rotatable bonds is 7. The van der Waals surface area contributed by atoms with E-state index in [0.717, 1.165) is 24.4 Å². The highest BCUT2D eigenvalue weighted by molar-refractivity contribution is 7.80. The van der Waals surface area contributed by atoms with Crippen LogP contribution < -0.4 is 10.1 Å². The summed E-state index contributed by atoms with van der Waals surface area (Å²) in [5.74, 6) is 1.67. The number of nitro benzene ring substituents is 1. The first-order valence-corrected chi connectivity index (χ1v) is 10.3. The lowest BCUT2D eigenvalue weighted by Gasteiger charge is -2.25. The maximum atomic E-state index is 11.1. The van der Waals surface area contributed by atoms with Gasteiger partial charge in [-0.1, -0.05) is 13.0 Å². The summed E-state index contributed by atoms with van der Waals surface area (Å²) < 4.78 is 11.6. The molecule has 3 aromatic rings. The van der Waals surface area contributed by atoms with Gasteiger partial charge in [-0.25, -0.2) is 0 Å². The van der Waals surface area contributed by atoms with Crippen molar-refractivity contribution in [1.29, 1.82) is 0 Å². The number of hydrogen-bond donors (Lipinski definition) is 1. The Morgan fingerprint density at radius 3 is 2.81 bits per heavy atom. The number of nitrogens with one attached hydrogen (secondary N) is 1. The zero-order valence-electron chi connectivity index (χ0n) is 17.1. The van der Waals surface area contributed by atoms with Crippen molar-refractivity contribution in [3.05, 3.63) is 76.3 Å². The third-order valence-electron chi connectivity index (χ3n) is 5.24. The van der Waals surface area contributed by atoms with Crippen LogP contribution in [0.25, 0.3) is 11.3 Å². The molecule has 0 saturated carbocycles. The Balaban J connectivity index is 1.73. The first-order valence-electron chi connectivity index (χ1n) is 9.94. The van der Waals surface area contributed by atoms with Gasteiger partial charge in [-0.3, -0.25) is 15.1 Å². The lowest BCUT2D eigenvalue weighted by atomic mass is 10.0. The Morgan fingerprint density at radius 2 is 2.13 bits per heavy atom. The molecule has 1 N–H and O–H groups in total. The summed E-state index contributed by atoms with van der Waals surface area (Å²) in [5.41, 5.74) is 1.48. The normalized spacial score (nSPS) is 18.1. The van der Waals surface area contributed by atoms with Crippen LogP contribution in [0.4, 0.5) is 5.69 Å². The van der Waals surface area contributed by atoms with Crippen molar-refractivity contribution < 1.29 is 14.1 Å². The standard InChI is InChI=1S/C22H22N4O4S/c1-3-12-25-21(20(24-22(25)31)16-6-4-5-11-23-16)18-10-9-17(30-18)15-8-7-14(26(27)28)13-19(15)29-2/h4-11,13,20-21H,3,12H2,1-2H3,(H,24,31). The van der Waals surface area contributed by atoms with E-state index in [-0.39, 0.29) is 17.8 Å². The molecule has 0 bridgehead atoms. The van der Waals surface area contributed by atoms with Crippen molar-refractivity contribution in [2.24, 2.45) is 0 Å². The predicted octanol–water partition coefficient (Wildman–Crippen LogP) is 4.64. The van der Waals surface area contributed by atoms with Crippen LogP contribution in [0, 0.1) is 10.1 Å². The minimum atomic E-state index is -0.453. The van der Waals surface area contributed by atoms with Crippen molar-refractivity contribution >= 4 is 23.0 Å². The largest absolute Gasteiger partial charge is 0.496 e. The van der Waals surface area contributed by atoms with Crippen LogP contribution in [0.2, 0.25) is 0 Å². The molecular formula is C22H22N4O4S. The predicted molar refractivity (Wildman–Crippen MR) is 120 cm³/mol. The van der Waals surface area contributed by atoms with Gasteiger partial charge >= 0.3 is 0 Å². The molecular weight excluding hydrogens is 416 g/mol. The van der Waals surface area contributed by atoms with Gasteiger partial charge in [0.15, 0.2) is 5.11 Å². The van der Waals surface area contributed by atoms with Crippen LogP contribution in [0.1, 0.15) is 36.9 Å². The Labute approximate surface area is 185 Å². The third-order valence-corrected chi connectivity index (χ3v) is 5.59. The maximum Gasteiger partial charge on any atom is 0.273 e. The second kappa shape index (κ2) is 8.73. The SMILES string of the molecule is CCCN1C(=S)NC(c2ccccn2)C1c1ccc(-c2ccc([N+](=O)[O-])cc2OC)o1. The molecule has 4 rings (SSSR count). The van der Waals surface area contributed by atoms with Gasteiger partial charge in [-0.2, -0.15) is 0 Å². The minimum Gasteiger partial charge on any atom is -0.496 e. The van der Waals surface area contributed by atoms with Crippen molar-refractivity contribution in [3.8, 4) is 17.1 Å². The Bertz CT molecular complexity index is 1100. The smallest absolute Gasteiger partial charge is 0.273 e. The van der Waals surface area contributed by atoms with Crippen LogP contribution in [0.5, 0.6) is 5.75 Å². The lowest BCUT2D eigenvalue weighted by Crippen LogP contribution is -2.30. The molecule has 8 nitrogen and oxygen atoms in total. The highest BCUT2D eigenvalue weighted by Gasteiger charge is 2.41. The highest BCUT2D eigenvalue weighted by atomic mass is 32.1. The van der Waals surface area contributed by atoms with Crippen LogP contribution >= 0.6 is 12.2 Å². The average molecular weight is 439 g/mol. The maximum absolute atomic E-state index is 11.1. The number of nitrogens with zero attached hydrogens (tertiary/aromatic N) is 3. The van der Waals surface area contributed by atoms with Crippen molar-refractivity contribution in [2.45, 2.75) is 25.4 Å². The van der Waals surface area contributed by atoms with E-state index in [0.29, 0.717) is 22.2 Å². The molecule has 2 unspecified atom stereocenters. The van der Waals surface area contributed by atoms with Gasteiger partial charge in [0.2, 0.25) is 0 Å². The Hall–Kier alpha value is -3.46. The number of aromatic nitrogens is 1. The number of pyridine rings is 1. The first-order chi connectivity index (χ1) is 15.0. The molecule has 31 heavy (non-hydrogen) atoms. The van der Waals surface area contributed by atoms with E-state index in [2.05, 4.69) is 22.1 Å². The molecule has 1 aliphatic heterocycles. The van der Waals surface area contributed by atoms with Crippen molar-refractivity contribution in [1.82, 2.24) is 15.2 Å². The van der Waals surface area contributed by atoms with Gasteiger partial charge in [0.1, 0.15) is 23.3 Å². The van der Waals surface area contributed by atoms with E-state index in [1.165, 1.54) is 19.2 Å². The van der Waals surface area contributed by atoms with Gasteiger partial charge in [0.05, 0.1) is 35.4 Å². The summed E-state index contributed by atoms with van der Waals surface area (Å²) >= 11 is 5.60. The number of ether oxygens (including phenoxy) is 1. The second-order valence-electron chi connectivity index (χ2n) is 7.16. The number of furan rings is 1. The van der Waals surface area contributed by atoms with Gasteiger partial charge in [-0.15, -0.1) is 0 Å².